The Morgan fingerprint density at radius 3 is 2.54 bits per heavy atom. The van der Waals surface area contributed by atoms with Crippen LogP contribution in [0.1, 0.15) is 44.1 Å². The molecule has 1 saturated carbocycles. The van der Waals surface area contributed by atoms with E-state index in [0.29, 0.717) is 19.4 Å². The maximum atomic E-state index is 12.4. The van der Waals surface area contributed by atoms with Crippen LogP contribution >= 0.6 is 0 Å². The Labute approximate surface area is 165 Å². The minimum absolute atomic E-state index is 0.00277. The summed E-state index contributed by atoms with van der Waals surface area (Å²) in [4.78, 5) is 35.9. The molecule has 1 unspecified atom stereocenters. The molecule has 1 aliphatic carbocycles. The predicted molar refractivity (Wildman–Crippen MR) is 105 cm³/mol. The molecule has 1 saturated heterocycles. The molecule has 152 valence electrons. The lowest BCUT2D eigenvalue weighted by Gasteiger charge is -2.29. The van der Waals surface area contributed by atoms with E-state index in [1.165, 1.54) is 0 Å². The lowest BCUT2D eigenvalue weighted by molar-refractivity contribution is -0.127. The van der Waals surface area contributed by atoms with E-state index in [-0.39, 0.29) is 29.7 Å². The highest BCUT2D eigenvalue weighted by atomic mass is 16.5. The van der Waals surface area contributed by atoms with Crippen molar-refractivity contribution in [2.75, 3.05) is 13.7 Å². The number of hydrogen-bond acceptors (Lipinski definition) is 4. The lowest BCUT2D eigenvalue weighted by atomic mass is 9.85. The van der Waals surface area contributed by atoms with E-state index in [2.05, 4.69) is 16.0 Å². The summed E-state index contributed by atoms with van der Waals surface area (Å²) in [7, 11) is 1.65. The van der Waals surface area contributed by atoms with Crippen LogP contribution in [-0.4, -0.2) is 43.5 Å². The molecular weight excluding hydrogens is 358 g/mol. The quantitative estimate of drug-likeness (QED) is 0.657. The Morgan fingerprint density at radius 1 is 1.11 bits per heavy atom. The van der Waals surface area contributed by atoms with E-state index >= 15 is 0 Å². The maximum Gasteiger partial charge on any atom is 0.242 e. The fraction of sp³-hybridized carbons (Fsp3) is 0.571. The number of carbonyl (C=O) groups is 3. The molecular formula is C21H29N3O4. The molecule has 2 aliphatic rings. The molecule has 28 heavy (non-hydrogen) atoms. The third kappa shape index (κ3) is 5.24. The van der Waals surface area contributed by atoms with Crippen LogP contribution in [0.25, 0.3) is 0 Å². The van der Waals surface area contributed by atoms with Crippen molar-refractivity contribution < 1.29 is 19.1 Å². The van der Waals surface area contributed by atoms with Gasteiger partial charge in [-0.25, -0.2) is 0 Å². The summed E-state index contributed by atoms with van der Waals surface area (Å²) >= 11 is 0. The van der Waals surface area contributed by atoms with E-state index in [0.717, 1.165) is 43.4 Å². The number of amides is 3. The van der Waals surface area contributed by atoms with Crippen LogP contribution < -0.4 is 20.7 Å². The van der Waals surface area contributed by atoms with Gasteiger partial charge in [0.2, 0.25) is 17.7 Å². The minimum Gasteiger partial charge on any atom is -0.496 e. The zero-order chi connectivity index (χ0) is 19.9. The Bertz CT molecular complexity index is 713. The SMILES string of the molecule is COc1ccccc1CCNC(=O)C1CCC(NC(=O)C2CCC(=O)N2)CC1. The van der Waals surface area contributed by atoms with Crippen LogP contribution in [0.3, 0.4) is 0 Å². The van der Waals surface area contributed by atoms with Crippen molar-refractivity contribution in [2.45, 2.75) is 57.0 Å². The highest BCUT2D eigenvalue weighted by Gasteiger charge is 2.31. The van der Waals surface area contributed by atoms with Gasteiger partial charge in [0.25, 0.3) is 0 Å². The van der Waals surface area contributed by atoms with E-state index in [4.69, 9.17) is 4.74 Å². The third-order valence-electron chi connectivity index (χ3n) is 5.64. The summed E-state index contributed by atoms with van der Waals surface area (Å²) < 4.78 is 5.34. The van der Waals surface area contributed by atoms with Gasteiger partial charge in [0, 0.05) is 24.9 Å². The Hall–Kier alpha value is -2.57. The second-order valence-electron chi connectivity index (χ2n) is 7.57. The van der Waals surface area contributed by atoms with Gasteiger partial charge in [0.15, 0.2) is 0 Å². The molecule has 7 nitrogen and oxygen atoms in total. The Morgan fingerprint density at radius 2 is 1.86 bits per heavy atom. The number of ether oxygens (including phenoxy) is 1. The van der Waals surface area contributed by atoms with Crippen molar-refractivity contribution in [1.29, 1.82) is 0 Å². The molecule has 1 heterocycles. The van der Waals surface area contributed by atoms with Gasteiger partial charge in [-0.1, -0.05) is 18.2 Å². The summed E-state index contributed by atoms with van der Waals surface area (Å²) in [5.74, 6) is 0.760. The van der Waals surface area contributed by atoms with Crippen LogP contribution in [0.2, 0.25) is 0 Å². The molecule has 1 aromatic carbocycles. The molecule has 2 fully saturated rings. The fourth-order valence-corrected chi connectivity index (χ4v) is 3.99. The molecule has 0 bridgehead atoms. The topological polar surface area (TPSA) is 96.5 Å². The van der Waals surface area contributed by atoms with Gasteiger partial charge in [-0.05, 0) is 50.2 Å². The standard InChI is InChI=1S/C21H29N3O4/c1-28-18-5-3-2-4-14(18)12-13-22-20(26)15-6-8-16(9-7-15)23-21(27)17-10-11-19(25)24-17/h2-5,15-17H,6-13H2,1H3,(H,22,26)(H,23,27)(H,24,25). The Kier molecular flexibility index (Phi) is 6.90. The number of nitrogens with one attached hydrogen (secondary N) is 3. The zero-order valence-electron chi connectivity index (χ0n) is 16.3. The largest absolute Gasteiger partial charge is 0.496 e. The van der Waals surface area contributed by atoms with Crippen LogP contribution in [-0.2, 0) is 20.8 Å². The van der Waals surface area contributed by atoms with Crippen molar-refractivity contribution in [1.82, 2.24) is 16.0 Å². The summed E-state index contributed by atoms with van der Waals surface area (Å²) in [5, 5.41) is 8.74. The van der Waals surface area contributed by atoms with Gasteiger partial charge in [-0.2, -0.15) is 0 Å². The number of rotatable bonds is 7. The molecule has 0 radical (unpaired) electrons. The smallest absolute Gasteiger partial charge is 0.242 e. The van der Waals surface area contributed by atoms with Crippen molar-refractivity contribution in [3.05, 3.63) is 29.8 Å². The summed E-state index contributed by atoms with van der Waals surface area (Å²) in [5.41, 5.74) is 1.08. The van der Waals surface area contributed by atoms with Crippen molar-refractivity contribution in [3.63, 3.8) is 0 Å². The maximum absolute atomic E-state index is 12.4. The summed E-state index contributed by atoms with van der Waals surface area (Å²) in [6, 6.07) is 7.51. The zero-order valence-corrected chi connectivity index (χ0v) is 16.3. The van der Waals surface area contributed by atoms with Gasteiger partial charge in [-0.3, -0.25) is 14.4 Å². The number of para-hydroxylation sites is 1. The monoisotopic (exact) mass is 387 g/mol. The lowest BCUT2D eigenvalue weighted by Crippen LogP contribution is -2.47. The van der Waals surface area contributed by atoms with Crippen LogP contribution in [0.4, 0.5) is 0 Å². The normalized spacial score (nSPS) is 24.3. The van der Waals surface area contributed by atoms with Crippen molar-refractivity contribution in [2.24, 2.45) is 5.92 Å². The average molecular weight is 387 g/mol. The second kappa shape index (κ2) is 9.57. The van der Waals surface area contributed by atoms with E-state index in [9.17, 15) is 14.4 Å². The van der Waals surface area contributed by atoms with E-state index in [1.807, 2.05) is 24.3 Å². The summed E-state index contributed by atoms with van der Waals surface area (Å²) in [6.07, 6.45) is 4.82. The number of hydrogen-bond donors (Lipinski definition) is 3. The first-order chi connectivity index (χ1) is 13.6. The second-order valence-corrected chi connectivity index (χ2v) is 7.57. The molecule has 3 rings (SSSR count). The first-order valence-corrected chi connectivity index (χ1v) is 10.1. The highest BCUT2D eigenvalue weighted by Crippen LogP contribution is 2.25. The molecule has 1 aromatic rings. The minimum atomic E-state index is -0.400. The van der Waals surface area contributed by atoms with Gasteiger partial charge in [0.05, 0.1) is 7.11 Å². The molecule has 3 N–H and O–H groups in total. The van der Waals surface area contributed by atoms with E-state index in [1.54, 1.807) is 7.11 Å². The molecule has 0 spiro atoms. The van der Waals surface area contributed by atoms with Crippen molar-refractivity contribution in [3.8, 4) is 5.75 Å². The number of methoxy groups -OCH3 is 1. The fourth-order valence-electron chi connectivity index (χ4n) is 3.99. The van der Waals surface area contributed by atoms with Crippen LogP contribution in [0.15, 0.2) is 24.3 Å². The van der Waals surface area contributed by atoms with Gasteiger partial charge in [0.1, 0.15) is 11.8 Å². The van der Waals surface area contributed by atoms with Crippen LogP contribution in [0.5, 0.6) is 5.75 Å². The van der Waals surface area contributed by atoms with Gasteiger partial charge < -0.3 is 20.7 Å². The van der Waals surface area contributed by atoms with Gasteiger partial charge in [-0.15, -0.1) is 0 Å². The highest BCUT2D eigenvalue weighted by molar-refractivity contribution is 5.90. The summed E-state index contributed by atoms with van der Waals surface area (Å²) in [6.45, 7) is 0.581. The molecule has 1 atom stereocenters. The molecule has 3 amide bonds. The predicted octanol–water partition coefficient (Wildman–Crippen LogP) is 1.31. The van der Waals surface area contributed by atoms with Crippen LogP contribution in [0, 0.1) is 5.92 Å². The Balaban J connectivity index is 1.36. The number of benzene rings is 1. The number of carbonyl (C=O) groups excluding carboxylic acids is 3. The first kappa shape index (κ1) is 20.2. The first-order valence-electron chi connectivity index (χ1n) is 10.1. The van der Waals surface area contributed by atoms with E-state index < -0.39 is 6.04 Å². The molecule has 0 aromatic heterocycles. The molecule has 7 heteroatoms. The third-order valence-corrected chi connectivity index (χ3v) is 5.64. The van der Waals surface area contributed by atoms with Gasteiger partial charge >= 0.3 is 0 Å². The molecule has 1 aliphatic heterocycles. The average Bonchev–Trinajstić information content (AvgIpc) is 3.15. The van der Waals surface area contributed by atoms with Crippen molar-refractivity contribution >= 4 is 17.7 Å².